The van der Waals surface area contributed by atoms with Crippen LogP contribution in [0.15, 0.2) is 35.5 Å². The molecule has 1 aliphatic heterocycles. The van der Waals surface area contributed by atoms with E-state index in [1.54, 1.807) is 35.8 Å². The predicted octanol–water partition coefficient (Wildman–Crippen LogP) is 2.32. The van der Waals surface area contributed by atoms with Gasteiger partial charge in [0.1, 0.15) is 11.2 Å². The average Bonchev–Trinajstić information content (AvgIpc) is 3.02. The van der Waals surface area contributed by atoms with E-state index in [1.165, 1.54) is 10.6 Å². The van der Waals surface area contributed by atoms with E-state index in [9.17, 15) is 13.2 Å². The molecule has 0 saturated carbocycles. The van der Waals surface area contributed by atoms with Crippen LogP contribution in [-0.2, 0) is 16.6 Å². The fraction of sp³-hybridized carbons (Fsp3) is 0.444. The number of rotatable bonds is 6. The maximum Gasteiger partial charge on any atom is 0.271 e. The maximum atomic E-state index is 12.9. The van der Waals surface area contributed by atoms with E-state index < -0.39 is 10.0 Å². The van der Waals surface area contributed by atoms with Crippen LogP contribution in [0.25, 0.3) is 5.69 Å². The molecule has 1 amide bonds. The number of carbonyl (C=O) groups is 1. The zero-order valence-electron chi connectivity index (χ0n) is 15.1. The van der Waals surface area contributed by atoms with Gasteiger partial charge in [-0.15, -0.1) is 0 Å². The molecule has 140 valence electrons. The van der Waals surface area contributed by atoms with Crippen molar-refractivity contribution in [1.82, 2.24) is 19.2 Å². The zero-order valence-corrected chi connectivity index (χ0v) is 15.9. The molecule has 0 fully saturated rings. The molecular formula is C18H24N4O3S. The van der Waals surface area contributed by atoms with E-state index >= 15 is 0 Å². The van der Waals surface area contributed by atoms with Crippen LogP contribution >= 0.6 is 0 Å². The average molecular weight is 376 g/mol. The van der Waals surface area contributed by atoms with E-state index in [-0.39, 0.29) is 23.0 Å². The minimum Gasteiger partial charge on any atom is -0.351 e. The smallest absolute Gasteiger partial charge is 0.271 e. The number of nitrogens with zero attached hydrogens (tertiary/aromatic N) is 3. The lowest BCUT2D eigenvalue weighted by Crippen LogP contribution is -2.31. The Hall–Kier alpha value is -2.19. The minimum atomic E-state index is -3.62. The highest BCUT2D eigenvalue weighted by Crippen LogP contribution is 2.30. The molecule has 0 bridgehead atoms. The van der Waals surface area contributed by atoms with Crippen molar-refractivity contribution >= 4 is 15.9 Å². The summed E-state index contributed by atoms with van der Waals surface area (Å²) in [5, 5.41) is 2.89. The molecule has 0 aliphatic carbocycles. The van der Waals surface area contributed by atoms with Gasteiger partial charge in [0.25, 0.3) is 5.91 Å². The van der Waals surface area contributed by atoms with Gasteiger partial charge in [-0.2, -0.15) is 4.31 Å². The molecule has 2 aromatic rings. The van der Waals surface area contributed by atoms with Crippen LogP contribution in [0.4, 0.5) is 0 Å². The first-order valence-electron chi connectivity index (χ1n) is 8.94. The summed E-state index contributed by atoms with van der Waals surface area (Å²) < 4.78 is 29.0. The van der Waals surface area contributed by atoms with Gasteiger partial charge in [-0.1, -0.05) is 38.8 Å². The zero-order chi connectivity index (χ0) is 18.7. The third-order valence-electron chi connectivity index (χ3n) is 4.57. The number of benzene rings is 1. The molecule has 2 heterocycles. The van der Waals surface area contributed by atoms with E-state index in [0.29, 0.717) is 24.5 Å². The maximum absolute atomic E-state index is 12.9. The first-order valence-corrected chi connectivity index (χ1v) is 10.4. The Kier molecular flexibility index (Phi) is 5.43. The summed E-state index contributed by atoms with van der Waals surface area (Å²) >= 11 is 0. The Morgan fingerprint density at radius 1 is 1.23 bits per heavy atom. The van der Waals surface area contributed by atoms with Crippen LogP contribution in [0.1, 0.15) is 49.3 Å². The van der Waals surface area contributed by atoms with Crippen molar-refractivity contribution in [2.75, 3.05) is 13.1 Å². The molecular weight excluding hydrogens is 352 g/mol. The fourth-order valence-corrected chi connectivity index (χ4v) is 4.72. The molecule has 0 spiro atoms. The van der Waals surface area contributed by atoms with E-state index in [4.69, 9.17) is 0 Å². The molecule has 1 aromatic carbocycles. The summed E-state index contributed by atoms with van der Waals surface area (Å²) in [6.45, 7) is 4.92. The van der Waals surface area contributed by atoms with Crippen LogP contribution in [0, 0.1) is 0 Å². The van der Waals surface area contributed by atoms with Crippen LogP contribution in [0.3, 0.4) is 0 Å². The number of aromatic nitrogens is 2. The number of nitrogens with one attached hydrogen (secondary N) is 1. The third kappa shape index (κ3) is 3.26. The number of unbranched alkanes of at least 4 members (excludes halogenated alkanes) is 2. The van der Waals surface area contributed by atoms with Gasteiger partial charge in [0, 0.05) is 13.1 Å². The second-order valence-electron chi connectivity index (χ2n) is 6.27. The Labute approximate surface area is 154 Å². The molecule has 0 unspecified atom stereocenters. The summed E-state index contributed by atoms with van der Waals surface area (Å²) in [5.74, 6) is -0.261. The van der Waals surface area contributed by atoms with Gasteiger partial charge in [0.05, 0.1) is 17.9 Å². The number of sulfonamides is 1. The highest BCUT2D eigenvalue weighted by molar-refractivity contribution is 7.89. The monoisotopic (exact) mass is 376 g/mol. The van der Waals surface area contributed by atoms with Gasteiger partial charge in [-0.25, -0.2) is 13.4 Å². The Morgan fingerprint density at radius 2 is 2.00 bits per heavy atom. The lowest BCUT2D eigenvalue weighted by Gasteiger charge is -2.18. The number of para-hydroxylation sites is 1. The minimum absolute atomic E-state index is 0.116. The second-order valence-corrected chi connectivity index (χ2v) is 8.18. The van der Waals surface area contributed by atoms with Crippen molar-refractivity contribution in [2.24, 2.45) is 0 Å². The van der Waals surface area contributed by atoms with Gasteiger partial charge in [-0.05, 0) is 18.6 Å². The standard InChI is InChI=1S/C18H24N4O3S/c1-3-5-8-11-19-18(23)17-15-12-21(4-2)26(24,25)16-10-7-6-9-14(16)22(15)13-20-17/h6-7,9-10,13H,3-5,8,11-12H2,1-2H3,(H,19,23). The Bertz CT molecular complexity index is 905. The summed E-state index contributed by atoms with van der Waals surface area (Å²) in [6, 6.07) is 6.81. The normalized spacial score (nSPS) is 15.8. The van der Waals surface area contributed by atoms with Gasteiger partial charge < -0.3 is 5.32 Å². The first-order chi connectivity index (χ1) is 12.5. The molecule has 7 nitrogen and oxygen atoms in total. The lowest BCUT2D eigenvalue weighted by atomic mass is 10.2. The number of hydrogen-bond acceptors (Lipinski definition) is 4. The molecule has 0 atom stereocenters. The first kappa shape index (κ1) is 18.6. The number of amides is 1. The topological polar surface area (TPSA) is 84.3 Å². The number of fused-ring (bicyclic) bond motifs is 3. The molecule has 1 aromatic heterocycles. The largest absolute Gasteiger partial charge is 0.351 e. The van der Waals surface area contributed by atoms with E-state index in [0.717, 1.165) is 19.3 Å². The summed E-state index contributed by atoms with van der Waals surface area (Å²) in [4.78, 5) is 17.1. The Balaban J connectivity index is 2.01. The Morgan fingerprint density at radius 3 is 2.73 bits per heavy atom. The van der Waals surface area contributed by atoms with Crippen LogP contribution < -0.4 is 5.32 Å². The van der Waals surface area contributed by atoms with Crippen molar-refractivity contribution in [3.63, 3.8) is 0 Å². The van der Waals surface area contributed by atoms with Gasteiger partial charge >= 0.3 is 0 Å². The summed E-state index contributed by atoms with van der Waals surface area (Å²) in [7, 11) is -3.62. The van der Waals surface area contributed by atoms with Crippen LogP contribution in [0.2, 0.25) is 0 Å². The fourth-order valence-electron chi connectivity index (χ4n) is 3.13. The van der Waals surface area contributed by atoms with Gasteiger partial charge in [-0.3, -0.25) is 9.36 Å². The third-order valence-corrected chi connectivity index (χ3v) is 6.54. The molecule has 1 aliphatic rings. The van der Waals surface area contributed by atoms with Crippen molar-refractivity contribution in [2.45, 2.75) is 44.6 Å². The molecule has 0 radical (unpaired) electrons. The van der Waals surface area contributed by atoms with Crippen molar-refractivity contribution in [3.8, 4) is 5.69 Å². The summed E-state index contributed by atoms with van der Waals surface area (Å²) in [5.41, 5.74) is 1.40. The number of carbonyl (C=O) groups excluding carboxylic acids is 1. The SMILES string of the molecule is CCCCCNC(=O)c1ncn2c1CN(CC)S(=O)(=O)c1ccccc1-2. The quantitative estimate of drug-likeness (QED) is 0.784. The molecule has 0 saturated heterocycles. The van der Waals surface area contributed by atoms with E-state index in [1.807, 2.05) is 0 Å². The molecule has 3 rings (SSSR count). The molecule has 26 heavy (non-hydrogen) atoms. The van der Waals surface area contributed by atoms with Crippen molar-refractivity contribution in [3.05, 3.63) is 42.0 Å². The van der Waals surface area contributed by atoms with Crippen molar-refractivity contribution < 1.29 is 13.2 Å². The van der Waals surface area contributed by atoms with Crippen molar-refractivity contribution in [1.29, 1.82) is 0 Å². The highest BCUT2D eigenvalue weighted by atomic mass is 32.2. The second kappa shape index (κ2) is 7.59. The highest BCUT2D eigenvalue weighted by Gasteiger charge is 2.33. The number of hydrogen-bond donors (Lipinski definition) is 1. The lowest BCUT2D eigenvalue weighted by molar-refractivity contribution is 0.0946. The number of imidazole rings is 1. The van der Waals surface area contributed by atoms with Gasteiger partial charge in [0.2, 0.25) is 10.0 Å². The van der Waals surface area contributed by atoms with Gasteiger partial charge in [0.15, 0.2) is 5.69 Å². The van der Waals surface area contributed by atoms with Crippen LogP contribution in [-0.4, -0.2) is 41.3 Å². The summed E-state index contributed by atoms with van der Waals surface area (Å²) in [6.07, 6.45) is 4.58. The van der Waals surface area contributed by atoms with E-state index in [2.05, 4.69) is 17.2 Å². The molecule has 8 heteroatoms. The van der Waals surface area contributed by atoms with Crippen LogP contribution in [0.5, 0.6) is 0 Å². The predicted molar refractivity (Wildman–Crippen MR) is 98.7 cm³/mol. The molecule has 1 N–H and O–H groups in total.